The molecule has 200 valence electrons. The molecule has 2 amide bonds. The molecule has 0 saturated heterocycles. The summed E-state index contributed by atoms with van der Waals surface area (Å²) in [5.41, 5.74) is 6.77. The maximum atomic E-state index is 13.3. The summed E-state index contributed by atoms with van der Waals surface area (Å²) < 4.78 is 0. The molecule has 1 saturated carbocycles. The average Bonchev–Trinajstić information content (AvgIpc) is 3.81. The number of carbonyl (C=O) groups is 3. The van der Waals surface area contributed by atoms with Crippen LogP contribution in [-0.2, 0) is 24.3 Å². The van der Waals surface area contributed by atoms with E-state index in [4.69, 9.17) is 0 Å². The van der Waals surface area contributed by atoms with Gasteiger partial charge < -0.3 is 15.3 Å². The number of hydrogen-bond acceptors (Lipinski definition) is 4. The fourth-order valence-corrected chi connectivity index (χ4v) is 5.71. The van der Waals surface area contributed by atoms with Crippen LogP contribution in [0.5, 0.6) is 0 Å². The van der Waals surface area contributed by atoms with Gasteiger partial charge in [-0.15, -0.1) is 0 Å². The SMILES string of the molecule is O=C(O)c1cccc(-c2ccc(CNC(=O)[C@H]3C[C@H]3c3ccccc3)c3c2CCN(C(=O)c2cccnc2)C3)c1. The number of benzene rings is 3. The number of nitrogens with zero attached hydrogens (tertiary/aromatic N) is 2. The standard InChI is InChI=1S/C33H29N3O4/c37-31(29-17-28(29)21-6-2-1-3-7-21)35-19-24-11-12-26(22-8-4-9-23(16-22)33(39)40)27-13-15-36(20-30(24)27)32(38)25-10-5-14-34-18-25/h1-12,14,16,18,28-29H,13,15,17,19-20H2,(H,35,37)(H,39,40)/t28-,29-/m0/s1. The lowest BCUT2D eigenvalue weighted by Gasteiger charge is -2.32. The van der Waals surface area contributed by atoms with Crippen molar-refractivity contribution in [2.24, 2.45) is 5.92 Å². The van der Waals surface area contributed by atoms with Crippen molar-refractivity contribution < 1.29 is 19.5 Å². The summed E-state index contributed by atoms with van der Waals surface area (Å²) in [6.07, 6.45) is 4.68. The number of rotatable bonds is 7. The number of carboxylic acid groups (broad SMARTS) is 1. The lowest BCUT2D eigenvalue weighted by molar-refractivity contribution is -0.122. The second-order valence-electron chi connectivity index (χ2n) is 10.4. The molecule has 2 atom stereocenters. The molecule has 40 heavy (non-hydrogen) atoms. The molecule has 0 unspecified atom stereocenters. The number of nitrogens with one attached hydrogen (secondary N) is 1. The van der Waals surface area contributed by atoms with Crippen LogP contribution in [0.4, 0.5) is 0 Å². The van der Waals surface area contributed by atoms with Crippen molar-refractivity contribution in [3.63, 3.8) is 0 Å². The average molecular weight is 532 g/mol. The lowest BCUT2D eigenvalue weighted by Crippen LogP contribution is -2.37. The molecule has 1 aliphatic carbocycles. The number of fused-ring (bicyclic) bond motifs is 1. The van der Waals surface area contributed by atoms with Crippen LogP contribution >= 0.6 is 0 Å². The number of aromatic nitrogens is 1. The van der Waals surface area contributed by atoms with E-state index >= 15 is 0 Å². The van der Waals surface area contributed by atoms with Crippen molar-refractivity contribution in [3.8, 4) is 11.1 Å². The third-order valence-corrected chi connectivity index (χ3v) is 7.93. The fraction of sp³-hybridized carbons (Fsp3) is 0.212. The van der Waals surface area contributed by atoms with E-state index in [0.29, 0.717) is 31.6 Å². The van der Waals surface area contributed by atoms with Gasteiger partial charge in [0.2, 0.25) is 5.91 Å². The van der Waals surface area contributed by atoms with Crippen LogP contribution in [0.25, 0.3) is 11.1 Å². The van der Waals surface area contributed by atoms with Gasteiger partial charge in [0.05, 0.1) is 11.1 Å². The third kappa shape index (κ3) is 5.10. The summed E-state index contributed by atoms with van der Waals surface area (Å²) >= 11 is 0. The molecule has 2 heterocycles. The van der Waals surface area contributed by atoms with Gasteiger partial charge in [0.1, 0.15) is 0 Å². The molecule has 0 spiro atoms. The first-order chi connectivity index (χ1) is 19.5. The second kappa shape index (κ2) is 10.8. The smallest absolute Gasteiger partial charge is 0.335 e. The maximum Gasteiger partial charge on any atom is 0.335 e. The second-order valence-corrected chi connectivity index (χ2v) is 10.4. The molecular formula is C33H29N3O4. The Kier molecular flexibility index (Phi) is 6.86. The van der Waals surface area contributed by atoms with E-state index < -0.39 is 5.97 Å². The molecule has 7 nitrogen and oxygen atoms in total. The number of aromatic carboxylic acids is 1. The fourth-order valence-electron chi connectivity index (χ4n) is 5.71. The Bertz CT molecular complexity index is 1590. The van der Waals surface area contributed by atoms with Crippen LogP contribution in [0, 0.1) is 5.92 Å². The van der Waals surface area contributed by atoms with Gasteiger partial charge in [-0.05, 0) is 76.4 Å². The summed E-state index contributed by atoms with van der Waals surface area (Å²) in [5, 5.41) is 12.7. The largest absolute Gasteiger partial charge is 0.478 e. The highest BCUT2D eigenvalue weighted by atomic mass is 16.4. The quantitative estimate of drug-likeness (QED) is 0.347. The van der Waals surface area contributed by atoms with E-state index in [1.165, 1.54) is 5.56 Å². The molecule has 0 radical (unpaired) electrons. The first kappa shape index (κ1) is 25.5. The number of hydrogen-bond donors (Lipinski definition) is 2. The molecular weight excluding hydrogens is 502 g/mol. The highest BCUT2D eigenvalue weighted by molar-refractivity contribution is 5.94. The van der Waals surface area contributed by atoms with E-state index in [9.17, 15) is 19.5 Å². The minimum absolute atomic E-state index is 0.0279. The van der Waals surface area contributed by atoms with Crippen LogP contribution in [0.2, 0.25) is 0 Å². The van der Waals surface area contributed by atoms with E-state index in [1.54, 1.807) is 42.7 Å². The third-order valence-electron chi connectivity index (χ3n) is 7.93. The summed E-state index contributed by atoms with van der Waals surface area (Å²) in [5.74, 6) is -0.792. The molecule has 6 rings (SSSR count). The van der Waals surface area contributed by atoms with Crippen LogP contribution in [-0.4, -0.2) is 39.3 Å². The lowest BCUT2D eigenvalue weighted by atomic mass is 9.87. The van der Waals surface area contributed by atoms with Crippen molar-refractivity contribution in [1.29, 1.82) is 0 Å². The summed E-state index contributed by atoms with van der Waals surface area (Å²) in [4.78, 5) is 43.8. The first-order valence-electron chi connectivity index (χ1n) is 13.5. The van der Waals surface area contributed by atoms with Crippen LogP contribution in [0.3, 0.4) is 0 Å². The monoisotopic (exact) mass is 531 g/mol. The van der Waals surface area contributed by atoms with E-state index in [0.717, 1.165) is 34.2 Å². The zero-order valence-corrected chi connectivity index (χ0v) is 21.9. The van der Waals surface area contributed by atoms with Gasteiger partial charge >= 0.3 is 5.97 Å². The van der Waals surface area contributed by atoms with Crippen molar-refractivity contribution in [3.05, 3.63) is 125 Å². The van der Waals surface area contributed by atoms with Gasteiger partial charge in [0, 0.05) is 37.9 Å². The molecule has 0 bridgehead atoms. The predicted molar refractivity (Wildman–Crippen MR) is 151 cm³/mol. The van der Waals surface area contributed by atoms with Crippen molar-refractivity contribution in [1.82, 2.24) is 15.2 Å². The maximum absolute atomic E-state index is 13.3. The Morgan fingerprint density at radius 2 is 1.75 bits per heavy atom. The Labute approximate surface area is 232 Å². The molecule has 7 heteroatoms. The van der Waals surface area contributed by atoms with Crippen LogP contribution in [0.15, 0.2) is 91.3 Å². The van der Waals surface area contributed by atoms with E-state index in [-0.39, 0.29) is 29.2 Å². The Balaban J connectivity index is 1.28. The normalized spacial score (nSPS) is 17.6. The minimum atomic E-state index is -0.975. The molecule has 1 fully saturated rings. The zero-order chi connectivity index (χ0) is 27.6. The topological polar surface area (TPSA) is 99.6 Å². The van der Waals surface area contributed by atoms with E-state index in [1.807, 2.05) is 41.3 Å². The van der Waals surface area contributed by atoms with Crippen LogP contribution in [0.1, 0.15) is 55.3 Å². The summed E-state index contributed by atoms with van der Waals surface area (Å²) in [6.45, 7) is 1.29. The Hall–Kier alpha value is -4.78. The van der Waals surface area contributed by atoms with Gasteiger partial charge in [0.25, 0.3) is 5.91 Å². The van der Waals surface area contributed by atoms with Crippen LogP contribution < -0.4 is 5.32 Å². The highest BCUT2D eigenvalue weighted by Crippen LogP contribution is 2.47. The zero-order valence-electron chi connectivity index (χ0n) is 21.9. The van der Waals surface area contributed by atoms with Crippen molar-refractivity contribution in [2.75, 3.05) is 6.54 Å². The molecule has 3 aromatic carbocycles. The molecule has 2 N–H and O–H groups in total. The highest BCUT2D eigenvalue weighted by Gasteiger charge is 2.43. The number of carbonyl (C=O) groups excluding carboxylic acids is 2. The Morgan fingerprint density at radius 3 is 2.52 bits per heavy atom. The van der Waals surface area contributed by atoms with Crippen molar-refractivity contribution >= 4 is 17.8 Å². The minimum Gasteiger partial charge on any atom is -0.478 e. The summed E-state index contributed by atoms with van der Waals surface area (Å²) in [7, 11) is 0. The first-order valence-corrected chi connectivity index (χ1v) is 13.5. The van der Waals surface area contributed by atoms with Gasteiger partial charge in [0.15, 0.2) is 0 Å². The summed E-state index contributed by atoms with van der Waals surface area (Å²) in [6, 6.07) is 24.5. The Morgan fingerprint density at radius 1 is 0.925 bits per heavy atom. The molecule has 4 aromatic rings. The molecule has 1 aliphatic heterocycles. The van der Waals surface area contributed by atoms with Gasteiger partial charge in [-0.1, -0.05) is 54.6 Å². The number of amides is 2. The van der Waals surface area contributed by atoms with Gasteiger partial charge in [-0.25, -0.2) is 4.79 Å². The molecule has 1 aromatic heterocycles. The number of carboxylic acids is 1. The predicted octanol–water partition coefficient (Wildman–Crippen LogP) is 5.07. The molecule has 2 aliphatic rings. The van der Waals surface area contributed by atoms with Gasteiger partial charge in [-0.3, -0.25) is 14.6 Å². The van der Waals surface area contributed by atoms with Gasteiger partial charge in [-0.2, -0.15) is 0 Å². The van der Waals surface area contributed by atoms with Crippen molar-refractivity contribution in [2.45, 2.75) is 31.8 Å². The number of pyridine rings is 1. The van der Waals surface area contributed by atoms with E-state index in [2.05, 4.69) is 22.4 Å².